The van der Waals surface area contributed by atoms with Crippen LogP contribution in [0.5, 0.6) is 0 Å². The van der Waals surface area contributed by atoms with Gasteiger partial charge in [-0.1, -0.05) is 12.8 Å². The third kappa shape index (κ3) is 5.08. The molecule has 0 saturated heterocycles. The summed E-state index contributed by atoms with van der Waals surface area (Å²) in [5, 5.41) is 20.0. The highest BCUT2D eigenvalue weighted by Gasteiger charge is 2.28. The van der Waals surface area contributed by atoms with Crippen molar-refractivity contribution in [2.75, 3.05) is 0 Å². The first-order valence-electron chi connectivity index (χ1n) is 6.31. The van der Waals surface area contributed by atoms with E-state index < -0.39 is 6.09 Å². The van der Waals surface area contributed by atoms with Crippen molar-refractivity contribution in [1.29, 1.82) is 5.26 Å². The highest BCUT2D eigenvalue weighted by atomic mass is 16.4. The number of hydrogen-bond donors (Lipinski definition) is 2. The molecule has 0 heterocycles. The fraction of sp³-hybridized carbons (Fsp3) is 0.846. The maximum Gasteiger partial charge on any atom is 0.405 e. The highest BCUT2D eigenvalue weighted by molar-refractivity contribution is 5.65. The first-order chi connectivity index (χ1) is 7.93. The number of nitrogens with zero attached hydrogens (tertiary/aromatic N) is 1. The lowest BCUT2D eigenvalue weighted by atomic mass is 9.76. The van der Waals surface area contributed by atoms with Gasteiger partial charge in [0, 0.05) is 12.0 Å². The summed E-state index contributed by atoms with van der Waals surface area (Å²) in [6, 6.07) is 2.24. The number of rotatable bonds is 4. The number of carboxylic acid groups (broad SMARTS) is 1. The minimum absolute atomic E-state index is 0.349. The summed E-state index contributed by atoms with van der Waals surface area (Å²) in [6.07, 6.45) is 5.08. The third-order valence-corrected chi connectivity index (χ3v) is 3.59. The van der Waals surface area contributed by atoms with Gasteiger partial charge in [0.2, 0.25) is 0 Å². The van der Waals surface area contributed by atoms with Crippen LogP contribution in [0.4, 0.5) is 4.79 Å². The summed E-state index contributed by atoms with van der Waals surface area (Å²) in [4.78, 5) is 10.6. The van der Waals surface area contributed by atoms with Gasteiger partial charge in [-0.05, 0) is 44.9 Å². The zero-order chi connectivity index (χ0) is 12.9. The van der Waals surface area contributed by atoms with Gasteiger partial charge in [0.15, 0.2) is 0 Å². The topological polar surface area (TPSA) is 73.1 Å². The molecule has 0 aromatic rings. The maximum absolute atomic E-state index is 10.6. The molecule has 96 valence electrons. The molecular formula is C13H22N2O2. The van der Waals surface area contributed by atoms with Crippen LogP contribution in [0.25, 0.3) is 0 Å². The molecule has 0 aromatic carbocycles. The van der Waals surface area contributed by atoms with Gasteiger partial charge in [0.1, 0.15) is 0 Å². The van der Waals surface area contributed by atoms with Crippen molar-refractivity contribution in [3.05, 3.63) is 0 Å². The molecule has 1 fully saturated rings. The second kappa shape index (κ2) is 5.90. The molecule has 1 saturated carbocycles. The Morgan fingerprint density at radius 2 is 1.88 bits per heavy atom. The molecule has 0 atom stereocenters. The fourth-order valence-corrected chi connectivity index (χ4v) is 2.83. The van der Waals surface area contributed by atoms with Gasteiger partial charge in [-0.25, -0.2) is 4.79 Å². The van der Waals surface area contributed by atoms with E-state index in [1.807, 2.05) is 13.8 Å². The molecule has 0 aromatic heterocycles. The average molecular weight is 238 g/mol. The van der Waals surface area contributed by atoms with Crippen LogP contribution in [0.2, 0.25) is 0 Å². The van der Waals surface area contributed by atoms with Crippen molar-refractivity contribution in [2.45, 2.75) is 57.9 Å². The zero-order valence-corrected chi connectivity index (χ0v) is 10.7. The first-order valence-corrected chi connectivity index (χ1v) is 6.31. The molecule has 2 N–H and O–H groups in total. The Bertz CT molecular complexity index is 299. The monoisotopic (exact) mass is 238 g/mol. The smallest absolute Gasteiger partial charge is 0.405 e. The molecule has 1 amide bonds. The lowest BCUT2D eigenvalue weighted by Gasteiger charge is -2.33. The van der Waals surface area contributed by atoms with Gasteiger partial charge in [-0.15, -0.1) is 0 Å². The van der Waals surface area contributed by atoms with Crippen LogP contribution in [0.3, 0.4) is 0 Å². The van der Waals surface area contributed by atoms with Crippen LogP contribution in [-0.2, 0) is 0 Å². The Hall–Kier alpha value is -1.24. The number of amides is 1. The quantitative estimate of drug-likeness (QED) is 0.790. The normalized spacial score (nSPS) is 25.0. The molecule has 1 aliphatic carbocycles. The molecule has 0 radical (unpaired) electrons. The van der Waals surface area contributed by atoms with Gasteiger partial charge >= 0.3 is 6.09 Å². The van der Waals surface area contributed by atoms with Crippen LogP contribution in [-0.4, -0.2) is 16.7 Å². The van der Waals surface area contributed by atoms with E-state index in [4.69, 9.17) is 10.4 Å². The molecule has 17 heavy (non-hydrogen) atoms. The Morgan fingerprint density at radius 3 is 2.35 bits per heavy atom. The Morgan fingerprint density at radius 1 is 1.35 bits per heavy atom. The van der Waals surface area contributed by atoms with Gasteiger partial charge in [-0.3, -0.25) is 0 Å². The number of carbonyl (C=O) groups is 1. The summed E-state index contributed by atoms with van der Waals surface area (Å²) in [5.41, 5.74) is -0.349. The summed E-state index contributed by atoms with van der Waals surface area (Å²) in [7, 11) is 0. The van der Waals surface area contributed by atoms with Crippen molar-refractivity contribution >= 4 is 6.09 Å². The lowest BCUT2D eigenvalue weighted by Crippen LogP contribution is -2.44. The van der Waals surface area contributed by atoms with Crippen molar-refractivity contribution in [3.8, 4) is 6.07 Å². The van der Waals surface area contributed by atoms with Crippen LogP contribution >= 0.6 is 0 Å². The predicted octanol–water partition coefficient (Wildman–Crippen LogP) is 3.14. The highest BCUT2D eigenvalue weighted by Crippen LogP contribution is 2.34. The Balaban J connectivity index is 2.35. The molecule has 4 heteroatoms. The largest absolute Gasteiger partial charge is 0.465 e. The van der Waals surface area contributed by atoms with Gasteiger partial charge in [0.05, 0.1) is 6.07 Å². The van der Waals surface area contributed by atoms with E-state index in [0.29, 0.717) is 18.3 Å². The fourth-order valence-electron chi connectivity index (χ4n) is 2.83. The van der Waals surface area contributed by atoms with Crippen LogP contribution in [0.1, 0.15) is 52.4 Å². The minimum Gasteiger partial charge on any atom is -0.465 e. The second-order valence-corrected chi connectivity index (χ2v) is 5.77. The third-order valence-electron chi connectivity index (χ3n) is 3.59. The Kier molecular flexibility index (Phi) is 4.80. The summed E-state index contributed by atoms with van der Waals surface area (Å²) >= 11 is 0. The molecule has 0 bridgehead atoms. The van der Waals surface area contributed by atoms with E-state index in [-0.39, 0.29) is 5.54 Å². The van der Waals surface area contributed by atoms with Crippen molar-refractivity contribution < 1.29 is 9.90 Å². The van der Waals surface area contributed by atoms with Gasteiger partial charge in [0.25, 0.3) is 0 Å². The van der Waals surface area contributed by atoms with E-state index in [0.717, 1.165) is 32.1 Å². The number of nitrogens with one attached hydrogen (secondary N) is 1. The van der Waals surface area contributed by atoms with Crippen molar-refractivity contribution in [3.63, 3.8) is 0 Å². The van der Waals surface area contributed by atoms with E-state index in [1.165, 1.54) is 0 Å². The summed E-state index contributed by atoms with van der Waals surface area (Å²) in [6.45, 7) is 3.87. The number of nitriles is 1. The SMILES string of the molecule is CC(C)(C[C@H]1CC[C@H](CC#N)CC1)NC(=O)O. The van der Waals surface area contributed by atoms with Crippen molar-refractivity contribution in [1.82, 2.24) is 5.32 Å². The van der Waals surface area contributed by atoms with Crippen LogP contribution in [0, 0.1) is 23.2 Å². The van der Waals surface area contributed by atoms with E-state index in [2.05, 4.69) is 11.4 Å². The lowest BCUT2D eigenvalue weighted by molar-refractivity contribution is 0.168. The van der Waals surface area contributed by atoms with Gasteiger partial charge < -0.3 is 10.4 Å². The van der Waals surface area contributed by atoms with E-state index >= 15 is 0 Å². The summed E-state index contributed by atoms with van der Waals surface area (Å²) < 4.78 is 0. The molecular weight excluding hydrogens is 216 g/mol. The predicted molar refractivity (Wildman–Crippen MR) is 65.5 cm³/mol. The Labute approximate surface area is 103 Å². The second-order valence-electron chi connectivity index (χ2n) is 5.77. The molecule has 0 aliphatic heterocycles. The van der Waals surface area contributed by atoms with E-state index in [1.54, 1.807) is 0 Å². The standard InChI is InChI=1S/C13H22N2O2/c1-13(2,15-12(16)17)9-11-5-3-10(4-6-11)7-8-14/h10-11,15H,3-7,9H2,1-2H3,(H,16,17)/t10-,11-. The molecule has 1 aliphatic rings. The zero-order valence-electron chi connectivity index (χ0n) is 10.7. The van der Waals surface area contributed by atoms with E-state index in [9.17, 15) is 4.79 Å². The van der Waals surface area contributed by atoms with Crippen LogP contribution < -0.4 is 5.32 Å². The summed E-state index contributed by atoms with van der Waals surface area (Å²) in [5.74, 6) is 1.15. The molecule has 0 spiro atoms. The maximum atomic E-state index is 10.6. The molecule has 4 nitrogen and oxygen atoms in total. The minimum atomic E-state index is -0.951. The van der Waals surface area contributed by atoms with Crippen LogP contribution in [0.15, 0.2) is 0 Å². The average Bonchev–Trinajstić information content (AvgIpc) is 2.18. The molecule has 1 rings (SSSR count). The number of hydrogen-bond acceptors (Lipinski definition) is 2. The first kappa shape index (κ1) is 13.8. The van der Waals surface area contributed by atoms with Crippen molar-refractivity contribution in [2.24, 2.45) is 11.8 Å². The van der Waals surface area contributed by atoms with Gasteiger partial charge in [-0.2, -0.15) is 5.26 Å². The molecule has 0 unspecified atom stereocenters.